The van der Waals surface area contributed by atoms with Crippen LogP contribution >= 0.6 is 0 Å². The second kappa shape index (κ2) is 3.97. The molecular weight excluding hydrogens is 162 g/mol. The lowest BCUT2D eigenvalue weighted by atomic mass is 9.83. The van der Waals surface area contributed by atoms with Crippen molar-refractivity contribution in [2.24, 2.45) is 5.41 Å². The zero-order valence-electron chi connectivity index (χ0n) is 8.92. The summed E-state index contributed by atoms with van der Waals surface area (Å²) in [5, 5.41) is 3.34. The normalized spacial score (nSPS) is 14.5. The second-order valence-corrected chi connectivity index (χ2v) is 4.54. The molecule has 1 heterocycles. The Labute approximate surface area is 80.3 Å². The van der Waals surface area contributed by atoms with Crippen molar-refractivity contribution in [2.75, 3.05) is 7.05 Å². The highest BCUT2D eigenvalue weighted by molar-refractivity contribution is 5.08. The Morgan fingerprint density at radius 3 is 2.54 bits per heavy atom. The molecule has 0 radical (unpaired) electrons. The topological polar surface area (TPSA) is 25.2 Å². The third-order valence-corrected chi connectivity index (χ3v) is 2.41. The molecule has 0 aliphatic heterocycles. The first-order valence-electron chi connectivity index (χ1n) is 4.72. The summed E-state index contributed by atoms with van der Waals surface area (Å²) >= 11 is 0. The zero-order chi connectivity index (χ0) is 9.90. The lowest BCUT2D eigenvalue weighted by Crippen LogP contribution is -2.39. The van der Waals surface area contributed by atoms with Crippen LogP contribution in [0.25, 0.3) is 0 Å². The molecule has 0 aliphatic carbocycles. The van der Waals surface area contributed by atoms with Crippen LogP contribution in [0.4, 0.5) is 0 Å². The van der Waals surface area contributed by atoms with Gasteiger partial charge >= 0.3 is 0 Å². The SMILES string of the molecule is CNC(Cc1ccoc1)C(C)(C)C. The van der Waals surface area contributed by atoms with Gasteiger partial charge in [0.05, 0.1) is 12.5 Å². The molecule has 0 aromatic carbocycles. The second-order valence-electron chi connectivity index (χ2n) is 4.54. The van der Waals surface area contributed by atoms with E-state index in [-0.39, 0.29) is 5.41 Å². The van der Waals surface area contributed by atoms with E-state index in [4.69, 9.17) is 4.42 Å². The molecule has 13 heavy (non-hydrogen) atoms. The van der Waals surface area contributed by atoms with Crippen LogP contribution in [0, 0.1) is 5.41 Å². The quantitative estimate of drug-likeness (QED) is 0.775. The van der Waals surface area contributed by atoms with Crippen LogP contribution in [0.5, 0.6) is 0 Å². The number of likely N-dealkylation sites (N-methyl/N-ethyl adjacent to an activating group) is 1. The van der Waals surface area contributed by atoms with Crippen molar-refractivity contribution in [2.45, 2.75) is 33.2 Å². The van der Waals surface area contributed by atoms with Crippen LogP contribution < -0.4 is 5.32 Å². The molecule has 0 amide bonds. The van der Waals surface area contributed by atoms with Gasteiger partial charge in [0.25, 0.3) is 0 Å². The van der Waals surface area contributed by atoms with Crippen molar-refractivity contribution in [1.82, 2.24) is 5.32 Å². The van der Waals surface area contributed by atoms with Gasteiger partial charge in [-0.1, -0.05) is 20.8 Å². The fourth-order valence-corrected chi connectivity index (χ4v) is 1.49. The van der Waals surface area contributed by atoms with Gasteiger partial charge in [0, 0.05) is 6.04 Å². The minimum absolute atomic E-state index is 0.284. The van der Waals surface area contributed by atoms with Gasteiger partial charge in [-0.2, -0.15) is 0 Å². The van der Waals surface area contributed by atoms with E-state index in [1.54, 1.807) is 6.26 Å². The van der Waals surface area contributed by atoms with Crippen molar-refractivity contribution in [1.29, 1.82) is 0 Å². The van der Waals surface area contributed by atoms with E-state index in [0.29, 0.717) is 6.04 Å². The molecule has 0 fully saturated rings. The first-order chi connectivity index (χ1) is 6.04. The maximum Gasteiger partial charge on any atom is 0.0935 e. The molecule has 1 aromatic rings. The molecule has 2 heteroatoms. The van der Waals surface area contributed by atoms with Gasteiger partial charge in [-0.15, -0.1) is 0 Å². The number of rotatable bonds is 3. The van der Waals surface area contributed by atoms with E-state index in [2.05, 4.69) is 26.1 Å². The summed E-state index contributed by atoms with van der Waals surface area (Å²) in [5.74, 6) is 0. The molecule has 0 saturated carbocycles. The van der Waals surface area contributed by atoms with E-state index in [1.807, 2.05) is 19.4 Å². The Balaban J connectivity index is 2.60. The highest BCUT2D eigenvalue weighted by Gasteiger charge is 2.23. The first kappa shape index (κ1) is 10.3. The third-order valence-electron chi connectivity index (χ3n) is 2.41. The molecule has 1 rings (SSSR count). The molecule has 0 aliphatic rings. The van der Waals surface area contributed by atoms with Crippen LogP contribution in [0.2, 0.25) is 0 Å². The van der Waals surface area contributed by atoms with Gasteiger partial charge in [-0.3, -0.25) is 0 Å². The standard InChI is InChI=1S/C11H19NO/c1-11(2,3)10(12-4)7-9-5-6-13-8-9/h5-6,8,10,12H,7H2,1-4H3. The highest BCUT2D eigenvalue weighted by atomic mass is 16.3. The van der Waals surface area contributed by atoms with Crippen molar-refractivity contribution < 1.29 is 4.42 Å². The number of hydrogen-bond acceptors (Lipinski definition) is 2. The van der Waals surface area contributed by atoms with Gasteiger partial charge < -0.3 is 9.73 Å². The lowest BCUT2D eigenvalue weighted by molar-refractivity contribution is 0.279. The Kier molecular flexibility index (Phi) is 3.15. The molecule has 74 valence electrons. The third kappa shape index (κ3) is 2.88. The van der Waals surface area contributed by atoms with Crippen LogP contribution in [0.1, 0.15) is 26.3 Å². The first-order valence-corrected chi connectivity index (χ1v) is 4.72. The summed E-state index contributed by atoms with van der Waals surface area (Å²) < 4.78 is 5.04. The molecule has 1 atom stereocenters. The predicted molar refractivity (Wildman–Crippen MR) is 54.7 cm³/mol. The average Bonchev–Trinajstić information content (AvgIpc) is 2.49. The van der Waals surface area contributed by atoms with Gasteiger partial charge in [-0.25, -0.2) is 0 Å². The van der Waals surface area contributed by atoms with Crippen molar-refractivity contribution in [3.05, 3.63) is 24.2 Å². The van der Waals surface area contributed by atoms with Crippen LogP contribution in [0.3, 0.4) is 0 Å². The molecule has 1 N–H and O–H groups in total. The Morgan fingerprint density at radius 1 is 1.46 bits per heavy atom. The van der Waals surface area contributed by atoms with Crippen molar-refractivity contribution >= 4 is 0 Å². The highest BCUT2D eigenvalue weighted by Crippen LogP contribution is 2.22. The largest absolute Gasteiger partial charge is 0.472 e. The molecule has 0 spiro atoms. The van der Waals surface area contributed by atoms with Crippen molar-refractivity contribution in [3.63, 3.8) is 0 Å². The molecule has 1 unspecified atom stereocenters. The molecular formula is C11H19NO. The van der Waals surface area contributed by atoms with E-state index >= 15 is 0 Å². The molecule has 0 saturated heterocycles. The zero-order valence-corrected chi connectivity index (χ0v) is 8.92. The summed E-state index contributed by atoms with van der Waals surface area (Å²) in [6, 6.07) is 2.51. The molecule has 0 bridgehead atoms. The van der Waals surface area contributed by atoms with Crippen LogP contribution in [-0.2, 0) is 6.42 Å². The minimum atomic E-state index is 0.284. The monoisotopic (exact) mass is 181 g/mol. The van der Waals surface area contributed by atoms with Gasteiger partial charge in [0.15, 0.2) is 0 Å². The van der Waals surface area contributed by atoms with Crippen LogP contribution in [-0.4, -0.2) is 13.1 Å². The van der Waals surface area contributed by atoms with Crippen molar-refractivity contribution in [3.8, 4) is 0 Å². The van der Waals surface area contributed by atoms with Gasteiger partial charge in [-0.05, 0) is 30.5 Å². The summed E-state index contributed by atoms with van der Waals surface area (Å²) in [6.45, 7) is 6.73. The number of nitrogens with one attached hydrogen (secondary N) is 1. The lowest BCUT2D eigenvalue weighted by Gasteiger charge is -2.30. The fourth-order valence-electron chi connectivity index (χ4n) is 1.49. The van der Waals surface area contributed by atoms with Gasteiger partial charge in [0.1, 0.15) is 0 Å². The number of furan rings is 1. The van der Waals surface area contributed by atoms with E-state index in [1.165, 1.54) is 5.56 Å². The summed E-state index contributed by atoms with van der Waals surface area (Å²) in [7, 11) is 2.01. The predicted octanol–water partition coefficient (Wildman–Crippen LogP) is 2.46. The smallest absolute Gasteiger partial charge is 0.0935 e. The fraction of sp³-hybridized carbons (Fsp3) is 0.636. The number of hydrogen-bond donors (Lipinski definition) is 1. The summed E-state index contributed by atoms with van der Waals surface area (Å²) in [6.07, 6.45) is 4.57. The summed E-state index contributed by atoms with van der Waals surface area (Å²) in [4.78, 5) is 0. The molecule has 2 nitrogen and oxygen atoms in total. The van der Waals surface area contributed by atoms with Crippen LogP contribution in [0.15, 0.2) is 23.0 Å². The maximum atomic E-state index is 5.04. The maximum absolute atomic E-state index is 5.04. The van der Waals surface area contributed by atoms with Gasteiger partial charge in [0.2, 0.25) is 0 Å². The Hall–Kier alpha value is -0.760. The Morgan fingerprint density at radius 2 is 2.15 bits per heavy atom. The summed E-state index contributed by atoms with van der Waals surface area (Å²) in [5.41, 5.74) is 1.54. The van der Waals surface area contributed by atoms with E-state index in [9.17, 15) is 0 Å². The van der Waals surface area contributed by atoms with E-state index in [0.717, 1.165) is 6.42 Å². The average molecular weight is 181 g/mol. The minimum Gasteiger partial charge on any atom is -0.472 e. The molecule has 1 aromatic heterocycles. The van der Waals surface area contributed by atoms with E-state index < -0.39 is 0 Å². The Bertz CT molecular complexity index is 233.